The molecule has 0 spiro atoms. The summed E-state index contributed by atoms with van der Waals surface area (Å²) in [7, 11) is 0. The standard InChI is InChI=1S/C20H19N3O5/c24-17(21-16(19(26)27)12-13-6-2-1-3-7-13)10-11-23-18(25)14-8-4-5-9-15(14)22-20(23)28/h1-9,16H,10-12H2,(H,21,24)(H,22,28)(H,26,27). The summed E-state index contributed by atoms with van der Waals surface area (Å²) in [6, 6.07) is 14.4. The van der Waals surface area contributed by atoms with Crippen molar-refractivity contribution in [3.8, 4) is 0 Å². The van der Waals surface area contributed by atoms with Crippen LogP contribution in [0.4, 0.5) is 0 Å². The molecule has 0 fully saturated rings. The van der Waals surface area contributed by atoms with Crippen molar-refractivity contribution in [1.82, 2.24) is 14.9 Å². The summed E-state index contributed by atoms with van der Waals surface area (Å²) in [6.45, 7) is -0.150. The lowest BCUT2D eigenvalue weighted by molar-refractivity contribution is -0.141. The first kappa shape index (κ1) is 19.1. The van der Waals surface area contributed by atoms with Gasteiger partial charge < -0.3 is 15.4 Å². The van der Waals surface area contributed by atoms with Crippen LogP contribution in [0.1, 0.15) is 12.0 Å². The fraction of sp³-hybridized carbons (Fsp3) is 0.200. The fourth-order valence-corrected chi connectivity index (χ4v) is 2.93. The molecule has 0 bridgehead atoms. The number of rotatable bonds is 7. The molecular weight excluding hydrogens is 362 g/mol. The molecule has 2 aromatic carbocycles. The zero-order chi connectivity index (χ0) is 20.1. The largest absolute Gasteiger partial charge is 0.480 e. The number of hydrogen-bond donors (Lipinski definition) is 3. The Hall–Kier alpha value is -3.68. The highest BCUT2D eigenvalue weighted by Gasteiger charge is 2.20. The van der Waals surface area contributed by atoms with E-state index in [2.05, 4.69) is 10.3 Å². The molecule has 1 heterocycles. The van der Waals surface area contributed by atoms with Gasteiger partial charge >= 0.3 is 11.7 Å². The van der Waals surface area contributed by atoms with Crippen LogP contribution >= 0.6 is 0 Å². The van der Waals surface area contributed by atoms with Crippen molar-refractivity contribution in [2.75, 3.05) is 0 Å². The van der Waals surface area contributed by atoms with Gasteiger partial charge in [0.25, 0.3) is 5.56 Å². The molecular formula is C20H19N3O5. The van der Waals surface area contributed by atoms with E-state index >= 15 is 0 Å². The molecule has 3 aromatic rings. The van der Waals surface area contributed by atoms with Crippen LogP contribution < -0.4 is 16.6 Å². The molecule has 0 aliphatic carbocycles. The number of aliphatic carboxylic acids is 1. The van der Waals surface area contributed by atoms with Crippen molar-refractivity contribution in [3.05, 3.63) is 81.0 Å². The van der Waals surface area contributed by atoms with Crippen LogP contribution in [-0.2, 0) is 22.6 Å². The van der Waals surface area contributed by atoms with Gasteiger partial charge in [-0.25, -0.2) is 9.59 Å². The minimum atomic E-state index is -1.15. The van der Waals surface area contributed by atoms with Crippen molar-refractivity contribution < 1.29 is 14.7 Å². The molecule has 1 aromatic heterocycles. The van der Waals surface area contributed by atoms with Crippen LogP contribution in [0.3, 0.4) is 0 Å². The molecule has 0 aliphatic rings. The fourth-order valence-electron chi connectivity index (χ4n) is 2.93. The summed E-state index contributed by atoms with van der Waals surface area (Å²) in [4.78, 5) is 50.8. The molecule has 1 amide bonds. The van der Waals surface area contributed by atoms with E-state index in [9.17, 15) is 24.3 Å². The van der Waals surface area contributed by atoms with Crippen molar-refractivity contribution >= 4 is 22.8 Å². The SMILES string of the molecule is O=C(CCn1c(=O)[nH]c2ccccc2c1=O)NC(Cc1ccccc1)C(=O)O. The summed E-state index contributed by atoms with van der Waals surface area (Å²) in [6.07, 6.45) is -0.0572. The molecule has 1 atom stereocenters. The number of amides is 1. The van der Waals surface area contributed by atoms with Crippen LogP contribution in [0.2, 0.25) is 0 Å². The second-order valence-corrected chi connectivity index (χ2v) is 6.33. The zero-order valence-corrected chi connectivity index (χ0v) is 14.9. The van der Waals surface area contributed by atoms with Crippen LogP contribution in [0.25, 0.3) is 10.9 Å². The van der Waals surface area contributed by atoms with Crippen LogP contribution in [0.15, 0.2) is 64.2 Å². The Morgan fingerprint density at radius 3 is 2.43 bits per heavy atom. The Bertz CT molecular complexity index is 1120. The molecule has 8 heteroatoms. The number of carbonyl (C=O) groups excluding carboxylic acids is 1. The van der Waals surface area contributed by atoms with E-state index in [1.165, 1.54) is 0 Å². The number of carbonyl (C=O) groups is 2. The summed E-state index contributed by atoms with van der Waals surface area (Å²) >= 11 is 0. The van der Waals surface area contributed by atoms with Gasteiger partial charge in [-0.1, -0.05) is 42.5 Å². The summed E-state index contributed by atoms with van der Waals surface area (Å²) in [5.41, 5.74) is 0.0891. The minimum Gasteiger partial charge on any atom is -0.480 e. The van der Waals surface area contributed by atoms with Gasteiger partial charge in [-0.3, -0.25) is 14.2 Å². The van der Waals surface area contributed by atoms with Gasteiger partial charge in [-0.15, -0.1) is 0 Å². The third-order valence-corrected chi connectivity index (χ3v) is 4.37. The maximum Gasteiger partial charge on any atom is 0.328 e. The number of aromatic nitrogens is 2. The summed E-state index contributed by atoms with van der Waals surface area (Å²) in [5, 5.41) is 12.1. The molecule has 3 rings (SSSR count). The van der Waals surface area contributed by atoms with E-state index < -0.39 is 29.2 Å². The van der Waals surface area contributed by atoms with Gasteiger partial charge in [-0.2, -0.15) is 0 Å². The Balaban J connectivity index is 1.69. The monoisotopic (exact) mass is 381 g/mol. The average molecular weight is 381 g/mol. The van der Waals surface area contributed by atoms with Crippen LogP contribution in [-0.4, -0.2) is 32.6 Å². The Labute approximate surface area is 159 Å². The van der Waals surface area contributed by atoms with Gasteiger partial charge in [0.1, 0.15) is 6.04 Å². The Kier molecular flexibility index (Phi) is 5.69. The number of aromatic amines is 1. The normalized spacial score (nSPS) is 11.9. The summed E-state index contributed by atoms with van der Waals surface area (Å²) in [5.74, 6) is -1.71. The number of nitrogens with zero attached hydrogens (tertiary/aromatic N) is 1. The van der Waals surface area contributed by atoms with Gasteiger partial charge in [0.05, 0.1) is 10.9 Å². The number of carboxylic acids is 1. The summed E-state index contributed by atoms with van der Waals surface area (Å²) < 4.78 is 0.939. The first-order chi connectivity index (χ1) is 13.5. The highest BCUT2D eigenvalue weighted by Crippen LogP contribution is 2.05. The molecule has 144 valence electrons. The molecule has 1 unspecified atom stereocenters. The van der Waals surface area contributed by atoms with E-state index in [1.807, 2.05) is 6.07 Å². The van der Waals surface area contributed by atoms with Gasteiger partial charge in [0, 0.05) is 19.4 Å². The predicted octanol–water partition coefficient (Wildman–Crippen LogP) is 0.892. The maximum atomic E-state index is 12.5. The van der Waals surface area contributed by atoms with Gasteiger partial charge in [0.2, 0.25) is 5.91 Å². The third-order valence-electron chi connectivity index (χ3n) is 4.37. The number of nitrogens with one attached hydrogen (secondary N) is 2. The Morgan fingerprint density at radius 2 is 1.71 bits per heavy atom. The molecule has 0 radical (unpaired) electrons. The first-order valence-corrected chi connectivity index (χ1v) is 8.73. The molecule has 0 saturated heterocycles. The smallest absolute Gasteiger partial charge is 0.328 e. The molecule has 0 saturated carbocycles. The number of hydrogen-bond acceptors (Lipinski definition) is 4. The molecule has 0 aliphatic heterocycles. The molecule has 28 heavy (non-hydrogen) atoms. The van der Waals surface area contributed by atoms with E-state index in [1.54, 1.807) is 48.5 Å². The van der Waals surface area contributed by atoms with Crippen molar-refractivity contribution in [2.24, 2.45) is 0 Å². The lowest BCUT2D eigenvalue weighted by Gasteiger charge is -2.15. The number of carboxylic acid groups (broad SMARTS) is 1. The van der Waals surface area contributed by atoms with Crippen LogP contribution in [0.5, 0.6) is 0 Å². The second kappa shape index (κ2) is 8.34. The second-order valence-electron chi connectivity index (χ2n) is 6.33. The third kappa shape index (κ3) is 4.35. The highest BCUT2D eigenvalue weighted by molar-refractivity contribution is 5.83. The molecule has 8 nitrogen and oxygen atoms in total. The van der Waals surface area contributed by atoms with E-state index in [0.717, 1.165) is 10.1 Å². The maximum absolute atomic E-state index is 12.5. The van der Waals surface area contributed by atoms with E-state index in [4.69, 9.17) is 0 Å². The highest BCUT2D eigenvalue weighted by atomic mass is 16.4. The number of fused-ring (bicyclic) bond motifs is 1. The number of benzene rings is 2. The lowest BCUT2D eigenvalue weighted by Crippen LogP contribution is -2.43. The van der Waals surface area contributed by atoms with Crippen LogP contribution in [0, 0.1) is 0 Å². The lowest BCUT2D eigenvalue weighted by atomic mass is 10.1. The molecule has 3 N–H and O–H groups in total. The van der Waals surface area contributed by atoms with Crippen molar-refractivity contribution in [3.63, 3.8) is 0 Å². The Morgan fingerprint density at radius 1 is 1.04 bits per heavy atom. The first-order valence-electron chi connectivity index (χ1n) is 8.73. The van der Waals surface area contributed by atoms with Crippen molar-refractivity contribution in [1.29, 1.82) is 0 Å². The van der Waals surface area contributed by atoms with Gasteiger partial charge in [0.15, 0.2) is 0 Å². The van der Waals surface area contributed by atoms with Crippen molar-refractivity contribution in [2.45, 2.75) is 25.4 Å². The minimum absolute atomic E-state index is 0.137. The number of para-hydroxylation sites is 1. The average Bonchev–Trinajstić information content (AvgIpc) is 2.68. The zero-order valence-electron chi connectivity index (χ0n) is 14.9. The van der Waals surface area contributed by atoms with E-state index in [-0.39, 0.29) is 19.4 Å². The predicted molar refractivity (Wildman–Crippen MR) is 103 cm³/mol. The van der Waals surface area contributed by atoms with E-state index in [0.29, 0.717) is 10.9 Å². The van der Waals surface area contributed by atoms with Gasteiger partial charge in [-0.05, 0) is 17.7 Å². The number of H-pyrrole nitrogens is 1. The topological polar surface area (TPSA) is 121 Å². The quantitative estimate of drug-likeness (QED) is 0.561.